The highest BCUT2D eigenvalue weighted by Crippen LogP contribution is 2.17. The minimum absolute atomic E-state index is 0.00199. The maximum Gasteiger partial charge on any atom is 0.323 e. The molecule has 13 heteroatoms. The number of thiazole rings is 1. The number of rotatable bonds is 7. The first-order chi connectivity index (χ1) is 15.6. The van der Waals surface area contributed by atoms with Crippen LogP contribution in [0.5, 0.6) is 0 Å². The summed E-state index contributed by atoms with van der Waals surface area (Å²) >= 11 is 1.24. The number of nitrogens with two attached hydrogens (primary N) is 1. The SMILES string of the molecule is CC(=O)N1CCN(C(=O)Nc2nc(CC(=O)NCCc3ccc(S(N)(=O)=O)cc3)cs2)CC1. The van der Waals surface area contributed by atoms with Crippen molar-refractivity contribution in [1.82, 2.24) is 20.1 Å². The Morgan fingerprint density at radius 3 is 2.33 bits per heavy atom. The van der Waals surface area contributed by atoms with Crippen molar-refractivity contribution in [3.05, 3.63) is 40.9 Å². The van der Waals surface area contributed by atoms with Crippen LogP contribution in [0.4, 0.5) is 9.93 Å². The first kappa shape index (κ1) is 24.6. The number of hydrogen-bond donors (Lipinski definition) is 3. The number of anilines is 1. The van der Waals surface area contributed by atoms with Crippen LogP contribution in [0.2, 0.25) is 0 Å². The molecule has 1 aromatic heterocycles. The van der Waals surface area contributed by atoms with Crippen molar-refractivity contribution in [1.29, 1.82) is 0 Å². The van der Waals surface area contributed by atoms with E-state index in [-0.39, 0.29) is 29.2 Å². The maximum atomic E-state index is 12.4. The minimum atomic E-state index is -3.72. The number of amides is 4. The lowest BCUT2D eigenvalue weighted by Crippen LogP contribution is -2.51. The van der Waals surface area contributed by atoms with Gasteiger partial charge in [0.15, 0.2) is 5.13 Å². The molecule has 0 spiro atoms. The van der Waals surface area contributed by atoms with Crippen LogP contribution in [-0.4, -0.2) is 73.8 Å². The Morgan fingerprint density at radius 2 is 1.73 bits per heavy atom. The van der Waals surface area contributed by atoms with E-state index in [2.05, 4.69) is 15.6 Å². The summed E-state index contributed by atoms with van der Waals surface area (Å²) in [6.45, 7) is 3.81. The zero-order valence-electron chi connectivity index (χ0n) is 18.1. The van der Waals surface area contributed by atoms with Crippen molar-refractivity contribution in [3.8, 4) is 0 Å². The monoisotopic (exact) mass is 494 g/mol. The molecule has 2 heterocycles. The fraction of sp³-hybridized carbons (Fsp3) is 0.400. The van der Waals surface area contributed by atoms with Crippen LogP contribution in [0.1, 0.15) is 18.2 Å². The fourth-order valence-electron chi connectivity index (χ4n) is 3.26. The lowest BCUT2D eigenvalue weighted by molar-refractivity contribution is -0.130. The summed E-state index contributed by atoms with van der Waals surface area (Å²) in [4.78, 5) is 43.6. The van der Waals surface area contributed by atoms with Gasteiger partial charge in [0, 0.05) is 45.0 Å². The van der Waals surface area contributed by atoms with Gasteiger partial charge in [-0.3, -0.25) is 14.9 Å². The fourth-order valence-corrected chi connectivity index (χ4v) is 4.47. The van der Waals surface area contributed by atoms with E-state index in [9.17, 15) is 22.8 Å². The van der Waals surface area contributed by atoms with E-state index in [4.69, 9.17) is 5.14 Å². The van der Waals surface area contributed by atoms with Crippen LogP contribution < -0.4 is 15.8 Å². The van der Waals surface area contributed by atoms with Crippen LogP contribution >= 0.6 is 11.3 Å². The second kappa shape index (κ2) is 10.7. The third-order valence-corrected chi connectivity index (χ3v) is 6.84. The van der Waals surface area contributed by atoms with Crippen molar-refractivity contribution in [2.45, 2.75) is 24.7 Å². The topological polar surface area (TPSA) is 155 Å². The highest BCUT2D eigenvalue weighted by atomic mass is 32.2. The van der Waals surface area contributed by atoms with Gasteiger partial charge in [-0.1, -0.05) is 12.1 Å². The Morgan fingerprint density at radius 1 is 1.09 bits per heavy atom. The Labute approximate surface area is 196 Å². The highest BCUT2D eigenvalue weighted by molar-refractivity contribution is 7.89. The van der Waals surface area contributed by atoms with Crippen molar-refractivity contribution in [2.75, 3.05) is 38.0 Å². The van der Waals surface area contributed by atoms with Crippen LogP contribution in [0.15, 0.2) is 34.5 Å². The molecule has 4 N–H and O–H groups in total. The number of benzene rings is 1. The number of carbonyl (C=O) groups is 3. The minimum Gasteiger partial charge on any atom is -0.355 e. The number of aromatic nitrogens is 1. The van der Waals surface area contributed by atoms with Crippen molar-refractivity contribution in [3.63, 3.8) is 0 Å². The van der Waals surface area contributed by atoms with E-state index in [0.717, 1.165) is 5.56 Å². The number of urea groups is 1. The lowest BCUT2D eigenvalue weighted by Gasteiger charge is -2.33. The molecular weight excluding hydrogens is 468 g/mol. The molecule has 0 aliphatic carbocycles. The van der Waals surface area contributed by atoms with Gasteiger partial charge in [-0.2, -0.15) is 0 Å². The Balaban J connectivity index is 1.40. The number of nitrogens with one attached hydrogen (secondary N) is 2. The second-order valence-corrected chi connectivity index (χ2v) is 9.95. The highest BCUT2D eigenvalue weighted by Gasteiger charge is 2.23. The summed E-state index contributed by atoms with van der Waals surface area (Å²) in [6, 6.07) is 5.89. The van der Waals surface area contributed by atoms with Crippen LogP contribution in [0, 0.1) is 0 Å². The maximum absolute atomic E-state index is 12.4. The van der Waals surface area contributed by atoms with Crippen LogP contribution in [-0.2, 0) is 32.5 Å². The summed E-state index contributed by atoms with van der Waals surface area (Å²) in [5.74, 6) is -0.211. The van der Waals surface area contributed by atoms with Gasteiger partial charge in [-0.25, -0.2) is 23.3 Å². The van der Waals surface area contributed by atoms with Gasteiger partial charge >= 0.3 is 6.03 Å². The first-order valence-corrected chi connectivity index (χ1v) is 12.7. The molecule has 33 heavy (non-hydrogen) atoms. The zero-order chi connectivity index (χ0) is 24.0. The molecule has 0 radical (unpaired) electrons. The van der Waals surface area contributed by atoms with Crippen molar-refractivity contribution < 1.29 is 22.8 Å². The molecule has 3 rings (SSSR count). The van der Waals surface area contributed by atoms with E-state index >= 15 is 0 Å². The van der Waals surface area contributed by atoms with Crippen LogP contribution in [0.3, 0.4) is 0 Å². The Hall–Kier alpha value is -3.03. The molecule has 178 valence electrons. The summed E-state index contributed by atoms with van der Waals surface area (Å²) < 4.78 is 22.5. The summed E-state index contributed by atoms with van der Waals surface area (Å²) in [5, 5.41) is 12.7. The molecule has 2 aromatic rings. The number of primary sulfonamides is 1. The van der Waals surface area contributed by atoms with Gasteiger partial charge in [-0.15, -0.1) is 11.3 Å². The number of sulfonamides is 1. The quantitative estimate of drug-likeness (QED) is 0.506. The summed E-state index contributed by atoms with van der Waals surface area (Å²) in [7, 11) is -3.72. The molecular formula is C20H26N6O5S2. The number of hydrogen-bond acceptors (Lipinski definition) is 7. The summed E-state index contributed by atoms with van der Waals surface area (Å²) in [6.07, 6.45) is 0.611. The number of piperazine rings is 1. The molecule has 0 saturated carbocycles. The van der Waals surface area contributed by atoms with Gasteiger partial charge in [0.05, 0.1) is 17.0 Å². The van der Waals surface area contributed by atoms with Crippen molar-refractivity contribution in [2.24, 2.45) is 5.14 Å². The van der Waals surface area contributed by atoms with E-state index in [0.29, 0.717) is 50.0 Å². The van der Waals surface area contributed by atoms with E-state index < -0.39 is 10.0 Å². The molecule has 1 aromatic carbocycles. The largest absolute Gasteiger partial charge is 0.355 e. The predicted octanol–water partition coefficient (Wildman–Crippen LogP) is 0.388. The third kappa shape index (κ3) is 7.23. The standard InChI is InChI=1S/C20H26N6O5S2/c1-14(27)25-8-10-26(11-9-25)20(29)24-19-23-16(13-32-19)12-18(28)22-7-6-15-2-4-17(5-3-15)33(21,30)31/h2-5,13H,6-12H2,1H3,(H,22,28)(H2,21,30,31)(H,23,24,29). The van der Waals surface area contributed by atoms with E-state index in [1.807, 2.05) is 0 Å². The van der Waals surface area contributed by atoms with E-state index in [1.165, 1.54) is 30.4 Å². The lowest BCUT2D eigenvalue weighted by atomic mass is 10.1. The average Bonchev–Trinajstić information content (AvgIpc) is 3.20. The predicted molar refractivity (Wildman–Crippen MR) is 123 cm³/mol. The molecule has 4 amide bonds. The number of nitrogens with zero attached hydrogens (tertiary/aromatic N) is 3. The van der Waals surface area contributed by atoms with E-state index in [1.54, 1.807) is 27.3 Å². The average molecular weight is 495 g/mol. The molecule has 0 bridgehead atoms. The third-order valence-electron chi connectivity index (χ3n) is 5.11. The normalized spacial score (nSPS) is 14.1. The van der Waals surface area contributed by atoms with Gasteiger partial charge in [0.1, 0.15) is 0 Å². The zero-order valence-corrected chi connectivity index (χ0v) is 19.7. The molecule has 0 atom stereocenters. The molecule has 0 unspecified atom stereocenters. The molecule has 11 nitrogen and oxygen atoms in total. The van der Waals surface area contributed by atoms with Gasteiger partial charge in [-0.05, 0) is 24.1 Å². The smallest absolute Gasteiger partial charge is 0.323 e. The molecule has 1 aliphatic rings. The molecule has 1 aliphatic heterocycles. The van der Waals surface area contributed by atoms with Crippen LogP contribution in [0.25, 0.3) is 0 Å². The Kier molecular flexibility index (Phi) is 8.00. The summed E-state index contributed by atoms with van der Waals surface area (Å²) in [5.41, 5.74) is 1.41. The Bertz CT molecular complexity index is 1110. The van der Waals surface area contributed by atoms with Gasteiger partial charge in [0.25, 0.3) is 0 Å². The van der Waals surface area contributed by atoms with Gasteiger partial charge < -0.3 is 15.1 Å². The molecule has 1 fully saturated rings. The van der Waals surface area contributed by atoms with Gasteiger partial charge in [0.2, 0.25) is 21.8 Å². The molecule has 1 saturated heterocycles. The van der Waals surface area contributed by atoms with Crippen molar-refractivity contribution >= 4 is 44.3 Å². The first-order valence-electron chi connectivity index (χ1n) is 10.3. The second-order valence-electron chi connectivity index (χ2n) is 7.53. The number of carbonyl (C=O) groups excluding carboxylic acids is 3.